The van der Waals surface area contributed by atoms with E-state index in [1.807, 2.05) is 0 Å². The summed E-state index contributed by atoms with van der Waals surface area (Å²) in [6.45, 7) is 10.9. The minimum atomic E-state index is 0.697. The normalized spacial score (nSPS) is 15.0. The van der Waals surface area contributed by atoms with Crippen molar-refractivity contribution in [2.75, 3.05) is 41.3 Å². The highest BCUT2D eigenvalue weighted by molar-refractivity contribution is 5.61. The summed E-state index contributed by atoms with van der Waals surface area (Å²) in [5.41, 5.74) is 2.32. The molecule has 3 rings (SSSR count). The van der Waals surface area contributed by atoms with E-state index in [0.717, 1.165) is 56.4 Å². The lowest BCUT2D eigenvalue weighted by molar-refractivity contribution is 0.438. The van der Waals surface area contributed by atoms with Crippen molar-refractivity contribution in [2.24, 2.45) is 5.92 Å². The second kappa shape index (κ2) is 9.53. The molecule has 1 aliphatic rings. The minimum Gasteiger partial charge on any atom is -0.372 e. The average molecular weight is 369 g/mol. The van der Waals surface area contributed by atoms with Crippen molar-refractivity contribution in [1.29, 1.82) is 0 Å². The maximum absolute atomic E-state index is 4.66. The molecule has 2 heterocycles. The van der Waals surface area contributed by atoms with Crippen molar-refractivity contribution in [3.05, 3.63) is 30.5 Å². The number of benzene rings is 1. The molecule has 27 heavy (non-hydrogen) atoms. The third kappa shape index (κ3) is 5.31. The first kappa shape index (κ1) is 19.4. The molecule has 1 aliphatic heterocycles. The van der Waals surface area contributed by atoms with Crippen LogP contribution in [-0.4, -0.2) is 41.4 Å². The number of nitrogens with zero attached hydrogens (tertiary/aromatic N) is 5. The van der Waals surface area contributed by atoms with Crippen molar-refractivity contribution in [3.63, 3.8) is 0 Å². The van der Waals surface area contributed by atoms with Gasteiger partial charge in [-0.2, -0.15) is 10.1 Å². The van der Waals surface area contributed by atoms with E-state index < -0.39 is 0 Å². The Balaban J connectivity index is 1.65. The molecular weight excluding hydrogens is 336 g/mol. The second-order valence-corrected chi connectivity index (χ2v) is 7.47. The standard InChI is InChI=1S/C21H32N6/c1-4-12-27(13-5-2)21-24-20(16-22-25-21)23-18-6-8-19(9-7-18)26-14-10-17(3)11-15-26/h6-9,16-17H,4-5,10-15H2,1-3H3,(H,23,24,25). The summed E-state index contributed by atoms with van der Waals surface area (Å²) in [6, 6.07) is 8.61. The lowest BCUT2D eigenvalue weighted by atomic mass is 9.99. The van der Waals surface area contributed by atoms with Crippen LogP contribution in [0.2, 0.25) is 0 Å². The van der Waals surface area contributed by atoms with E-state index in [2.05, 4.69) is 75.3 Å². The number of anilines is 4. The van der Waals surface area contributed by atoms with Crippen molar-refractivity contribution in [2.45, 2.75) is 46.5 Å². The molecule has 0 radical (unpaired) electrons. The molecule has 1 aromatic carbocycles. The van der Waals surface area contributed by atoms with Crippen LogP contribution in [0.5, 0.6) is 0 Å². The molecule has 0 spiro atoms. The monoisotopic (exact) mass is 368 g/mol. The van der Waals surface area contributed by atoms with Gasteiger partial charge in [-0.15, -0.1) is 5.10 Å². The Morgan fingerprint density at radius 2 is 1.74 bits per heavy atom. The topological polar surface area (TPSA) is 57.2 Å². The summed E-state index contributed by atoms with van der Waals surface area (Å²) in [4.78, 5) is 9.32. The van der Waals surface area contributed by atoms with Gasteiger partial charge in [0.1, 0.15) is 0 Å². The fourth-order valence-electron chi connectivity index (χ4n) is 3.51. The van der Waals surface area contributed by atoms with Gasteiger partial charge in [0, 0.05) is 37.6 Å². The lowest BCUT2D eigenvalue weighted by Crippen LogP contribution is -2.32. The average Bonchev–Trinajstić information content (AvgIpc) is 2.69. The minimum absolute atomic E-state index is 0.697. The summed E-state index contributed by atoms with van der Waals surface area (Å²) in [5.74, 6) is 2.28. The lowest BCUT2D eigenvalue weighted by Gasteiger charge is -2.32. The Hall–Kier alpha value is -2.37. The van der Waals surface area contributed by atoms with Gasteiger partial charge in [-0.3, -0.25) is 0 Å². The van der Waals surface area contributed by atoms with E-state index in [1.54, 1.807) is 6.20 Å². The maximum atomic E-state index is 4.66. The molecule has 2 aromatic rings. The van der Waals surface area contributed by atoms with Gasteiger partial charge in [0.2, 0.25) is 5.95 Å². The predicted octanol–water partition coefficient (Wildman–Crippen LogP) is 4.48. The van der Waals surface area contributed by atoms with Crippen LogP contribution in [0.3, 0.4) is 0 Å². The number of piperidine rings is 1. The van der Waals surface area contributed by atoms with E-state index in [9.17, 15) is 0 Å². The number of nitrogens with one attached hydrogen (secondary N) is 1. The first-order valence-corrected chi connectivity index (χ1v) is 10.3. The van der Waals surface area contributed by atoms with Crippen LogP contribution in [0.25, 0.3) is 0 Å². The maximum Gasteiger partial charge on any atom is 0.247 e. The van der Waals surface area contributed by atoms with Crippen LogP contribution in [0, 0.1) is 5.92 Å². The Morgan fingerprint density at radius 1 is 1.07 bits per heavy atom. The van der Waals surface area contributed by atoms with Crippen LogP contribution in [0.15, 0.2) is 30.5 Å². The molecular formula is C21H32N6. The second-order valence-electron chi connectivity index (χ2n) is 7.47. The molecule has 0 saturated carbocycles. The zero-order valence-corrected chi connectivity index (χ0v) is 16.9. The number of hydrogen-bond acceptors (Lipinski definition) is 6. The number of rotatable bonds is 8. The molecule has 6 heteroatoms. The van der Waals surface area contributed by atoms with Crippen molar-refractivity contribution in [1.82, 2.24) is 15.2 Å². The molecule has 1 fully saturated rings. The third-order valence-electron chi connectivity index (χ3n) is 5.11. The molecule has 1 aromatic heterocycles. The predicted molar refractivity (Wildman–Crippen MR) is 113 cm³/mol. The van der Waals surface area contributed by atoms with Gasteiger partial charge in [0.25, 0.3) is 0 Å². The molecule has 1 saturated heterocycles. The van der Waals surface area contributed by atoms with Gasteiger partial charge in [0.05, 0.1) is 6.20 Å². The van der Waals surface area contributed by atoms with Crippen LogP contribution in [0.4, 0.5) is 23.1 Å². The van der Waals surface area contributed by atoms with Crippen molar-refractivity contribution >= 4 is 23.1 Å². The summed E-state index contributed by atoms with van der Waals surface area (Å²) >= 11 is 0. The Labute approximate surface area is 163 Å². The van der Waals surface area contributed by atoms with E-state index in [4.69, 9.17) is 0 Å². The van der Waals surface area contributed by atoms with Gasteiger partial charge in [-0.1, -0.05) is 20.8 Å². The zero-order valence-electron chi connectivity index (χ0n) is 16.9. The fraction of sp³-hybridized carbons (Fsp3) is 0.571. The number of aromatic nitrogens is 3. The number of hydrogen-bond donors (Lipinski definition) is 1. The first-order chi connectivity index (χ1) is 13.2. The van der Waals surface area contributed by atoms with Crippen LogP contribution in [-0.2, 0) is 0 Å². The SMILES string of the molecule is CCCN(CCC)c1nncc(Nc2ccc(N3CCC(C)CC3)cc2)n1. The van der Waals surface area contributed by atoms with Crippen LogP contribution in [0.1, 0.15) is 46.5 Å². The summed E-state index contributed by atoms with van der Waals surface area (Å²) in [6.07, 6.45) is 6.37. The van der Waals surface area contributed by atoms with Gasteiger partial charge < -0.3 is 15.1 Å². The molecule has 1 N–H and O–H groups in total. The molecule has 146 valence electrons. The summed E-state index contributed by atoms with van der Waals surface area (Å²) in [7, 11) is 0. The van der Waals surface area contributed by atoms with E-state index in [1.165, 1.54) is 18.5 Å². The zero-order chi connectivity index (χ0) is 19.1. The van der Waals surface area contributed by atoms with Gasteiger partial charge >= 0.3 is 0 Å². The van der Waals surface area contributed by atoms with E-state index in [0.29, 0.717) is 5.95 Å². The third-order valence-corrected chi connectivity index (χ3v) is 5.11. The fourth-order valence-corrected chi connectivity index (χ4v) is 3.51. The van der Waals surface area contributed by atoms with Gasteiger partial charge in [-0.05, 0) is 55.9 Å². The van der Waals surface area contributed by atoms with Gasteiger partial charge in [-0.25, -0.2) is 0 Å². The molecule has 6 nitrogen and oxygen atoms in total. The first-order valence-electron chi connectivity index (χ1n) is 10.3. The summed E-state index contributed by atoms with van der Waals surface area (Å²) < 4.78 is 0. The molecule has 0 atom stereocenters. The molecule has 0 unspecified atom stereocenters. The largest absolute Gasteiger partial charge is 0.372 e. The Bertz CT molecular complexity index is 688. The highest BCUT2D eigenvalue weighted by Crippen LogP contribution is 2.25. The van der Waals surface area contributed by atoms with Crippen molar-refractivity contribution < 1.29 is 0 Å². The van der Waals surface area contributed by atoms with Crippen molar-refractivity contribution in [3.8, 4) is 0 Å². The molecule has 0 bridgehead atoms. The Morgan fingerprint density at radius 3 is 2.37 bits per heavy atom. The van der Waals surface area contributed by atoms with Crippen LogP contribution < -0.4 is 15.1 Å². The van der Waals surface area contributed by atoms with E-state index in [-0.39, 0.29) is 0 Å². The molecule has 0 amide bonds. The quantitative estimate of drug-likeness (QED) is 0.741. The van der Waals surface area contributed by atoms with Gasteiger partial charge in [0.15, 0.2) is 5.82 Å². The van der Waals surface area contributed by atoms with Crippen LogP contribution >= 0.6 is 0 Å². The highest BCUT2D eigenvalue weighted by Gasteiger charge is 2.16. The smallest absolute Gasteiger partial charge is 0.247 e. The summed E-state index contributed by atoms with van der Waals surface area (Å²) in [5, 5.41) is 11.7. The Kier molecular flexibility index (Phi) is 6.85. The van der Waals surface area contributed by atoms with E-state index >= 15 is 0 Å². The molecule has 0 aliphatic carbocycles. The highest BCUT2D eigenvalue weighted by atomic mass is 15.3.